The summed E-state index contributed by atoms with van der Waals surface area (Å²) in [6, 6.07) is 1.93. The van der Waals surface area contributed by atoms with Crippen molar-refractivity contribution in [3.05, 3.63) is 20.8 Å². The van der Waals surface area contributed by atoms with Crippen molar-refractivity contribution in [2.75, 3.05) is 32.7 Å². The molecule has 1 aromatic rings. The Hall–Kier alpha value is -0.390. The molecule has 1 fully saturated rings. The lowest BCUT2D eigenvalue weighted by molar-refractivity contribution is 0.0670. The summed E-state index contributed by atoms with van der Waals surface area (Å²) >= 11 is 4.99. The Morgan fingerprint density at radius 2 is 2.05 bits per heavy atom. The van der Waals surface area contributed by atoms with Crippen LogP contribution in [0.4, 0.5) is 0 Å². The third kappa shape index (κ3) is 4.06. The Bertz CT molecular complexity index is 437. The quantitative estimate of drug-likeness (QED) is 0.800. The van der Waals surface area contributed by atoms with Gasteiger partial charge in [0.2, 0.25) is 0 Å². The monoisotopic (exact) mass is 358 g/mol. The van der Waals surface area contributed by atoms with Crippen molar-refractivity contribution in [3.8, 4) is 0 Å². The Labute approximate surface area is 134 Å². The number of carbonyl (C=O) groups excluding carboxylic acids is 1. The molecular formula is C15H23BrN2OS. The van der Waals surface area contributed by atoms with Crippen LogP contribution < -0.4 is 0 Å². The maximum absolute atomic E-state index is 12.4. The first kappa shape index (κ1) is 16.0. The molecule has 1 aliphatic heterocycles. The molecule has 0 aromatic carbocycles. The lowest BCUT2D eigenvalue weighted by Gasteiger charge is -2.34. The number of nitrogens with zero attached hydrogens (tertiary/aromatic N) is 2. The summed E-state index contributed by atoms with van der Waals surface area (Å²) in [6.45, 7) is 9.67. The van der Waals surface area contributed by atoms with Crippen molar-refractivity contribution in [3.63, 3.8) is 0 Å². The van der Waals surface area contributed by atoms with Gasteiger partial charge in [-0.25, -0.2) is 0 Å². The van der Waals surface area contributed by atoms with Crippen molar-refractivity contribution in [2.24, 2.45) is 5.92 Å². The molecule has 1 aliphatic rings. The van der Waals surface area contributed by atoms with E-state index in [4.69, 9.17) is 0 Å². The highest BCUT2D eigenvalue weighted by molar-refractivity contribution is 9.11. The van der Waals surface area contributed by atoms with Gasteiger partial charge in [-0.05, 0) is 53.8 Å². The fourth-order valence-corrected chi connectivity index (χ4v) is 3.90. The normalized spacial score (nSPS) is 16.9. The molecule has 1 aromatic heterocycles. The number of piperidine rings is 1. The smallest absolute Gasteiger partial charge is 0.254 e. The van der Waals surface area contributed by atoms with Crippen LogP contribution in [0.2, 0.25) is 0 Å². The Kier molecular flexibility index (Phi) is 6.05. The minimum atomic E-state index is 0.188. The van der Waals surface area contributed by atoms with Gasteiger partial charge in [0.1, 0.15) is 0 Å². The van der Waals surface area contributed by atoms with Crippen molar-refractivity contribution in [1.82, 2.24) is 9.80 Å². The van der Waals surface area contributed by atoms with Gasteiger partial charge >= 0.3 is 0 Å². The van der Waals surface area contributed by atoms with E-state index < -0.39 is 0 Å². The van der Waals surface area contributed by atoms with Gasteiger partial charge in [0.05, 0.1) is 9.35 Å². The van der Waals surface area contributed by atoms with E-state index in [1.54, 1.807) is 11.3 Å². The molecule has 20 heavy (non-hydrogen) atoms. The third-order valence-corrected chi connectivity index (χ3v) is 5.63. The van der Waals surface area contributed by atoms with Crippen molar-refractivity contribution < 1.29 is 4.79 Å². The number of thiophene rings is 1. The van der Waals surface area contributed by atoms with E-state index in [0.717, 1.165) is 54.3 Å². The molecular weight excluding hydrogens is 336 g/mol. The molecule has 0 aliphatic carbocycles. The second-order valence-corrected chi connectivity index (χ2v) is 7.65. The predicted molar refractivity (Wildman–Crippen MR) is 88.4 cm³/mol. The highest BCUT2D eigenvalue weighted by Gasteiger charge is 2.24. The molecule has 0 bridgehead atoms. The maximum Gasteiger partial charge on any atom is 0.254 e. The topological polar surface area (TPSA) is 23.6 Å². The largest absolute Gasteiger partial charge is 0.339 e. The van der Waals surface area contributed by atoms with Gasteiger partial charge in [-0.1, -0.05) is 13.8 Å². The van der Waals surface area contributed by atoms with Crippen LogP contribution in [-0.4, -0.2) is 48.4 Å². The molecule has 0 saturated carbocycles. The first-order valence-electron chi connectivity index (χ1n) is 7.39. The van der Waals surface area contributed by atoms with Crippen LogP contribution >= 0.6 is 27.3 Å². The molecule has 2 heterocycles. The van der Waals surface area contributed by atoms with E-state index in [-0.39, 0.29) is 5.91 Å². The number of likely N-dealkylation sites (tertiary alicyclic amines) is 1. The van der Waals surface area contributed by atoms with Crippen molar-refractivity contribution in [1.29, 1.82) is 0 Å². The minimum Gasteiger partial charge on any atom is -0.339 e. The van der Waals surface area contributed by atoms with Crippen molar-refractivity contribution in [2.45, 2.75) is 26.7 Å². The molecule has 1 saturated heterocycles. The first-order chi connectivity index (χ1) is 9.63. The Morgan fingerprint density at radius 1 is 1.40 bits per heavy atom. The van der Waals surface area contributed by atoms with E-state index in [1.807, 2.05) is 16.3 Å². The molecule has 1 amide bonds. The molecule has 5 heteroatoms. The second-order valence-electron chi connectivity index (χ2n) is 5.36. The third-order valence-electron chi connectivity index (χ3n) is 4.13. The van der Waals surface area contributed by atoms with E-state index in [0.29, 0.717) is 0 Å². The molecule has 0 N–H and O–H groups in total. The molecule has 112 valence electrons. The second kappa shape index (κ2) is 7.57. The van der Waals surface area contributed by atoms with Crippen LogP contribution in [0.1, 0.15) is 37.0 Å². The Morgan fingerprint density at radius 3 is 2.55 bits per heavy atom. The lowest BCUT2D eigenvalue weighted by atomic mass is 9.96. The van der Waals surface area contributed by atoms with Gasteiger partial charge in [-0.15, -0.1) is 11.3 Å². The van der Waals surface area contributed by atoms with E-state index in [2.05, 4.69) is 34.7 Å². The summed E-state index contributed by atoms with van der Waals surface area (Å²) in [5, 5.41) is 1.94. The molecule has 0 unspecified atom stereocenters. The number of hydrogen-bond acceptors (Lipinski definition) is 3. The SMILES string of the molecule is CCN(CC)CC1CCN(C(=O)c2csc(Br)c2)CC1. The summed E-state index contributed by atoms with van der Waals surface area (Å²) in [5.74, 6) is 0.932. The standard InChI is InChI=1S/C15H23BrN2OS/c1-3-17(4-2)10-12-5-7-18(8-6-12)15(19)13-9-14(16)20-11-13/h9,11-12H,3-8,10H2,1-2H3. The van der Waals surface area contributed by atoms with Gasteiger partial charge in [-0.3, -0.25) is 4.79 Å². The fraction of sp³-hybridized carbons (Fsp3) is 0.667. The number of carbonyl (C=O) groups is 1. The number of hydrogen-bond donors (Lipinski definition) is 0. The van der Waals surface area contributed by atoms with E-state index in [9.17, 15) is 4.79 Å². The fourth-order valence-electron chi connectivity index (χ4n) is 2.77. The van der Waals surface area contributed by atoms with Gasteiger partial charge in [0, 0.05) is 25.0 Å². The lowest BCUT2D eigenvalue weighted by Crippen LogP contribution is -2.41. The molecule has 2 rings (SSSR count). The highest BCUT2D eigenvalue weighted by atomic mass is 79.9. The van der Waals surface area contributed by atoms with Crippen LogP contribution in [0.15, 0.2) is 15.2 Å². The minimum absolute atomic E-state index is 0.188. The zero-order chi connectivity index (χ0) is 14.5. The number of amides is 1. The van der Waals surface area contributed by atoms with Crippen LogP contribution in [0.5, 0.6) is 0 Å². The summed E-state index contributed by atoms with van der Waals surface area (Å²) < 4.78 is 1.03. The Balaban J connectivity index is 1.83. The van der Waals surface area contributed by atoms with Crippen molar-refractivity contribution >= 4 is 33.2 Å². The molecule has 0 spiro atoms. The first-order valence-corrected chi connectivity index (χ1v) is 9.07. The summed E-state index contributed by atoms with van der Waals surface area (Å²) in [4.78, 5) is 16.8. The van der Waals surface area contributed by atoms with Gasteiger partial charge in [0.25, 0.3) is 5.91 Å². The van der Waals surface area contributed by atoms with Crippen LogP contribution in [0, 0.1) is 5.92 Å². The summed E-state index contributed by atoms with van der Waals surface area (Å²) in [6.07, 6.45) is 2.26. The maximum atomic E-state index is 12.4. The van der Waals surface area contributed by atoms with Gasteiger partial charge in [-0.2, -0.15) is 0 Å². The van der Waals surface area contributed by atoms with Gasteiger partial charge < -0.3 is 9.80 Å². The predicted octanol–water partition coefficient (Wildman–Crippen LogP) is 3.70. The van der Waals surface area contributed by atoms with E-state index in [1.165, 1.54) is 6.54 Å². The molecule has 0 atom stereocenters. The van der Waals surface area contributed by atoms with Crippen LogP contribution in [0.25, 0.3) is 0 Å². The number of rotatable bonds is 5. The zero-order valence-corrected chi connectivity index (χ0v) is 14.7. The van der Waals surface area contributed by atoms with E-state index >= 15 is 0 Å². The van der Waals surface area contributed by atoms with Gasteiger partial charge in [0.15, 0.2) is 0 Å². The molecule has 3 nitrogen and oxygen atoms in total. The molecule has 0 radical (unpaired) electrons. The average Bonchev–Trinajstić information content (AvgIpc) is 2.91. The van der Waals surface area contributed by atoms with Crippen LogP contribution in [-0.2, 0) is 0 Å². The number of halogens is 1. The average molecular weight is 359 g/mol. The zero-order valence-electron chi connectivity index (χ0n) is 12.3. The van der Waals surface area contributed by atoms with Crippen LogP contribution in [0.3, 0.4) is 0 Å². The summed E-state index contributed by atoms with van der Waals surface area (Å²) in [7, 11) is 0. The highest BCUT2D eigenvalue weighted by Crippen LogP contribution is 2.24. The summed E-state index contributed by atoms with van der Waals surface area (Å²) in [5.41, 5.74) is 0.823.